The van der Waals surface area contributed by atoms with Gasteiger partial charge in [-0.15, -0.1) is 0 Å². The zero-order chi connectivity index (χ0) is 14.6. The fourth-order valence-corrected chi connectivity index (χ4v) is 2.69. The van der Waals surface area contributed by atoms with Crippen molar-refractivity contribution in [1.29, 1.82) is 0 Å². The zero-order valence-corrected chi connectivity index (χ0v) is 11.9. The standard InChI is InChI=1S/C11H17N3O4S/c1-4-5-6-7-12-19(17,18)9-8-13(2)11(16)14(3)10(9)15/h4-5,8,12H,6-7H2,1-3H3/b5-4+. The summed E-state index contributed by atoms with van der Waals surface area (Å²) in [5.41, 5.74) is -1.40. The van der Waals surface area contributed by atoms with Crippen molar-refractivity contribution in [3.63, 3.8) is 0 Å². The number of aromatic nitrogens is 2. The Labute approximate surface area is 111 Å². The van der Waals surface area contributed by atoms with Crippen LogP contribution in [0, 0.1) is 0 Å². The summed E-state index contributed by atoms with van der Waals surface area (Å²) in [6, 6.07) is 0. The number of aryl methyl sites for hydroxylation is 1. The van der Waals surface area contributed by atoms with Crippen LogP contribution in [0.5, 0.6) is 0 Å². The molecule has 0 aliphatic rings. The highest BCUT2D eigenvalue weighted by atomic mass is 32.2. The van der Waals surface area contributed by atoms with E-state index < -0.39 is 26.2 Å². The third kappa shape index (κ3) is 3.42. The Hall–Kier alpha value is -1.67. The topological polar surface area (TPSA) is 90.2 Å². The first-order chi connectivity index (χ1) is 8.81. The van der Waals surface area contributed by atoms with Gasteiger partial charge in [0.2, 0.25) is 10.0 Å². The van der Waals surface area contributed by atoms with E-state index in [-0.39, 0.29) is 6.54 Å². The molecule has 1 rings (SSSR count). The first-order valence-corrected chi connectivity index (χ1v) is 7.17. The van der Waals surface area contributed by atoms with Gasteiger partial charge in [-0.25, -0.2) is 17.9 Å². The highest BCUT2D eigenvalue weighted by Gasteiger charge is 2.20. The monoisotopic (exact) mass is 287 g/mol. The Morgan fingerprint density at radius 1 is 1.32 bits per heavy atom. The second-order valence-electron chi connectivity index (χ2n) is 4.01. The molecule has 1 aromatic heterocycles. The molecule has 0 aromatic carbocycles. The molecule has 0 aliphatic carbocycles. The summed E-state index contributed by atoms with van der Waals surface area (Å²) in [5, 5.41) is 0. The maximum absolute atomic E-state index is 12.0. The van der Waals surface area contributed by atoms with Crippen molar-refractivity contribution in [2.45, 2.75) is 18.2 Å². The van der Waals surface area contributed by atoms with Crippen LogP contribution in [0.3, 0.4) is 0 Å². The van der Waals surface area contributed by atoms with Crippen molar-refractivity contribution < 1.29 is 8.42 Å². The van der Waals surface area contributed by atoms with Gasteiger partial charge in [0.1, 0.15) is 0 Å². The first kappa shape index (κ1) is 15.4. The van der Waals surface area contributed by atoms with E-state index in [0.29, 0.717) is 6.42 Å². The minimum absolute atomic E-state index is 0.193. The minimum atomic E-state index is -3.91. The highest BCUT2D eigenvalue weighted by Crippen LogP contribution is 1.99. The van der Waals surface area contributed by atoms with E-state index in [2.05, 4.69) is 4.72 Å². The Kier molecular flexibility index (Phi) is 4.84. The largest absolute Gasteiger partial charge is 0.330 e. The maximum Gasteiger partial charge on any atom is 0.330 e. The van der Waals surface area contributed by atoms with Crippen LogP contribution >= 0.6 is 0 Å². The Morgan fingerprint density at radius 2 is 1.95 bits per heavy atom. The molecule has 0 aliphatic heterocycles. The lowest BCUT2D eigenvalue weighted by molar-refractivity contribution is 0.571. The summed E-state index contributed by atoms with van der Waals surface area (Å²) in [6.45, 7) is 2.02. The quantitative estimate of drug-likeness (QED) is 0.574. The van der Waals surface area contributed by atoms with Gasteiger partial charge in [0.25, 0.3) is 5.56 Å². The van der Waals surface area contributed by atoms with Gasteiger partial charge in [-0.05, 0) is 13.3 Å². The summed E-state index contributed by atoms with van der Waals surface area (Å²) >= 11 is 0. The van der Waals surface area contributed by atoms with Crippen LogP contribution in [0.25, 0.3) is 0 Å². The van der Waals surface area contributed by atoms with Gasteiger partial charge in [0.05, 0.1) is 0 Å². The molecule has 1 N–H and O–H groups in total. The Balaban J connectivity index is 3.16. The molecule has 106 valence electrons. The summed E-state index contributed by atoms with van der Waals surface area (Å²) in [4.78, 5) is 22.8. The summed E-state index contributed by atoms with van der Waals surface area (Å²) in [5.74, 6) is 0. The fraction of sp³-hybridized carbons (Fsp3) is 0.455. The highest BCUT2D eigenvalue weighted by molar-refractivity contribution is 7.89. The number of allylic oxidation sites excluding steroid dienone is 1. The molecule has 0 bridgehead atoms. The van der Waals surface area contributed by atoms with E-state index in [4.69, 9.17) is 0 Å². The molecule has 0 amide bonds. The molecule has 1 heterocycles. The van der Waals surface area contributed by atoms with Crippen molar-refractivity contribution in [1.82, 2.24) is 13.9 Å². The van der Waals surface area contributed by atoms with Crippen LogP contribution < -0.4 is 16.0 Å². The predicted molar refractivity (Wildman–Crippen MR) is 71.5 cm³/mol. The second-order valence-corrected chi connectivity index (χ2v) is 5.74. The Morgan fingerprint density at radius 3 is 2.53 bits per heavy atom. The molecule has 0 unspecified atom stereocenters. The van der Waals surface area contributed by atoms with E-state index in [1.807, 2.05) is 6.92 Å². The first-order valence-electron chi connectivity index (χ1n) is 5.68. The molecular weight excluding hydrogens is 270 g/mol. The van der Waals surface area contributed by atoms with E-state index >= 15 is 0 Å². The van der Waals surface area contributed by atoms with Crippen LogP contribution in [0.4, 0.5) is 0 Å². The maximum atomic E-state index is 12.0. The van der Waals surface area contributed by atoms with E-state index in [0.717, 1.165) is 15.3 Å². The third-order valence-electron chi connectivity index (χ3n) is 2.54. The zero-order valence-electron chi connectivity index (χ0n) is 11.1. The van der Waals surface area contributed by atoms with Gasteiger partial charge in [-0.1, -0.05) is 12.2 Å². The molecule has 0 saturated carbocycles. The number of hydrogen-bond donors (Lipinski definition) is 1. The lowest BCUT2D eigenvalue weighted by atomic mass is 10.4. The molecule has 0 spiro atoms. The molecular formula is C11H17N3O4S. The van der Waals surface area contributed by atoms with Crippen LogP contribution in [-0.2, 0) is 24.1 Å². The number of hydrogen-bond acceptors (Lipinski definition) is 4. The normalized spacial score (nSPS) is 12.2. The fourth-order valence-electron chi connectivity index (χ4n) is 1.48. The molecule has 1 aromatic rings. The molecule has 0 radical (unpaired) electrons. The second kappa shape index (κ2) is 5.98. The number of nitrogens with zero attached hydrogens (tertiary/aromatic N) is 2. The summed E-state index contributed by atoms with van der Waals surface area (Å²) in [6.07, 6.45) is 5.17. The lowest BCUT2D eigenvalue weighted by Gasteiger charge is -2.08. The number of rotatable bonds is 5. The van der Waals surface area contributed by atoms with Crippen LogP contribution in [-0.4, -0.2) is 24.1 Å². The third-order valence-corrected chi connectivity index (χ3v) is 3.99. The van der Waals surface area contributed by atoms with Gasteiger partial charge >= 0.3 is 5.69 Å². The number of sulfonamides is 1. The smallest absolute Gasteiger partial charge is 0.302 e. The summed E-state index contributed by atoms with van der Waals surface area (Å²) in [7, 11) is -1.28. The van der Waals surface area contributed by atoms with Crippen molar-refractivity contribution in [3.8, 4) is 0 Å². The van der Waals surface area contributed by atoms with Crippen molar-refractivity contribution in [3.05, 3.63) is 39.2 Å². The van der Waals surface area contributed by atoms with Crippen LogP contribution in [0.15, 0.2) is 32.8 Å². The Bertz CT molecular complexity index is 698. The SMILES string of the molecule is C/C=C/CCNS(=O)(=O)c1cn(C)c(=O)n(C)c1=O. The van der Waals surface area contributed by atoms with Crippen LogP contribution in [0.2, 0.25) is 0 Å². The molecule has 0 atom stereocenters. The van der Waals surface area contributed by atoms with Crippen molar-refractivity contribution in [2.75, 3.05) is 6.54 Å². The van der Waals surface area contributed by atoms with Gasteiger partial charge in [0, 0.05) is 26.8 Å². The van der Waals surface area contributed by atoms with Gasteiger partial charge < -0.3 is 4.57 Å². The number of nitrogens with one attached hydrogen (secondary N) is 1. The van der Waals surface area contributed by atoms with Crippen LogP contribution in [0.1, 0.15) is 13.3 Å². The minimum Gasteiger partial charge on any atom is -0.302 e. The predicted octanol–water partition coefficient (Wildman–Crippen LogP) is -0.671. The van der Waals surface area contributed by atoms with Crippen molar-refractivity contribution in [2.24, 2.45) is 14.1 Å². The van der Waals surface area contributed by atoms with E-state index in [1.54, 1.807) is 12.2 Å². The van der Waals surface area contributed by atoms with Gasteiger partial charge in [0.15, 0.2) is 4.90 Å². The van der Waals surface area contributed by atoms with E-state index in [9.17, 15) is 18.0 Å². The molecule has 0 fully saturated rings. The lowest BCUT2D eigenvalue weighted by Crippen LogP contribution is -2.41. The van der Waals surface area contributed by atoms with Crippen molar-refractivity contribution >= 4 is 10.0 Å². The summed E-state index contributed by atoms with van der Waals surface area (Å²) < 4.78 is 28.1. The van der Waals surface area contributed by atoms with E-state index in [1.165, 1.54) is 14.1 Å². The molecule has 7 nitrogen and oxygen atoms in total. The molecule has 0 saturated heterocycles. The average Bonchev–Trinajstić information content (AvgIpc) is 2.36. The van der Waals surface area contributed by atoms with Gasteiger partial charge in [-0.2, -0.15) is 0 Å². The average molecular weight is 287 g/mol. The van der Waals surface area contributed by atoms with Gasteiger partial charge in [-0.3, -0.25) is 9.36 Å². The molecule has 19 heavy (non-hydrogen) atoms. The molecule has 8 heteroatoms.